The SMILES string of the molecule is CC[N+](CC)(CC)CC.NCCO. The quantitative estimate of drug-likeness (QED) is 0.632. The molecule has 0 bridgehead atoms. The standard InChI is InChI=1S/C8H20N.C2H7NO/c1-5-9(6-2,7-3)8-4;3-1-2-4/h5-8H2,1-4H3;4H,1-3H2/q+1;. The molecule has 0 saturated carbocycles. The molecule has 3 nitrogen and oxygen atoms in total. The third kappa shape index (κ3) is 6.99. The first-order chi connectivity index (χ1) is 6.16. The highest BCUT2D eigenvalue weighted by Gasteiger charge is 2.16. The Hall–Kier alpha value is -0.120. The summed E-state index contributed by atoms with van der Waals surface area (Å²) in [4.78, 5) is 0. The van der Waals surface area contributed by atoms with E-state index in [-0.39, 0.29) is 6.61 Å². The molecule has 0 radical (unpaired) electrons. The van der Waals surface area contributed by atoms with Crippen molar-refractivity contribution < 1.29 is 9.59 Å². The lowest BCUT2D eigenvalue weighted by atomic mass is 10.3. The molecule has 0 aliphatic carbocycles. The van der Waals surface area contributed by atoms with Gasteiger partial charge in [-0.25, -0.2) is 0 Å². The first-order valence-electron chi connectivity index (χ1n) is 5.32. The molecular weight excluding hydrogens is 164 g/mol. The van der Waals surface area contributed by atoms with E-state index in [0.29, 0.717) is 6.54 Å². The van der Waals surface area contributed by atoms with Gasteiger partial charge >= 0.3 is 0 Å². The highest BCUT2D eigenvalue weighted by molar-refractivity contribution is 4.31. The molecule has 0 aliphatic heterocycles. The van der Waals surface area contributed by atoms with Gasteiger partial charge in [-0.1, -0.05) is 0 Å². The van der Waals surface area contributed by atoms with E-state index in [0.717, 1.165) is 0 Å². The zero-order chi connectivity index (χ0) is 10.7. The van der Waals surface area contributed by atoms with Gasteiger partial charge in [-0.15, -0.1) is 0 Å². The first-order valence-corrected chi connectivity index (χ1v) is 5.32. The molecule has 0 aromatic carbocycles. The van der Waals surface area contributed by atoms with E-state index in [2.05, 4.69) is 27.7 Å². The van der Waals surface area contributed by atoms with Gasteiger partial charge in [0.15, 0.2) is 0 Å². The molecule has 0 atom stereocenters. The van der Waals surface area contributed by atoms with Gasteiger partial charge in [0.05, 0.1) is 32.8 Å². The minimum absolute atomic E-state index is 0.0972. The number of hydrogen-bond donors (Lipinski definition) is 2. The second-order valence-electron chi connectivity index (χ2n) is 3.12. The third-order valence-corrected chi connectivity index (χ3v) is 2.81. The molecule has 13 heavy (non-hydrogen) atoms. The number of aliphatic hydroxyl groups is 1. The minimum Gasteiger partial charge on any atom is -0.395 e. The lowest BCUT2D eigenvalue weighted by molar-refractivity contribution is -0.921. The normalized spacial score (nSPS) is 10.6. The van der Waals surface area contributed by atoms with Crippen LogP contribution in [0.15, 0.2) is 0 Å². The monoisotopic (exact) mass is 191 g/mol. The van der Waals surface area contributed by atoms with Crippen LogP contribution in [0.4, 0.5) is 0 Å². The Bertz CT molecular complexity index is 73.4. The zero-order valence-electron chi connectivity index (χ0n) is 9.71. The molecule has 0 aliphatic rings. The molecule has 0 saturated heterocycles. The second-order valence-corrected chi connectivity index (χ2v) is 3.12. The van der Waals surface area contributed by atoms with Crippen LogP contribution in [0.2, 0.25) is 0 Å². The van der Waals surface area contributed by atoms with Crippen LogP contribution in [0.3, 0.4) is 0 Å². The second kappa shape index (κ2) is 9.96. The topological polar surface area (TPSA) is 46.2 Å². The van der Waals surface area contributed by atoms with Crippen LogP contribution in [0, 0.1) is 0 Å². The predicted molar refractivity (Wildman–Crippen MR) is 58.6 cm³/mol. The van der Waals surface area contributed by atoms with Crippen molar-refractivity contribution in [3.63, 3.8) is 0 Å². The van der Waals surface area contributed by atoms with Gasteiger partial charge in [0.25, 0.3) is 0 Å². The molecule has 0 fully saturated rings. The number of aliphatic hydroxyl groups excluding tert-OH is 1. The Morgan fingerprint density at radius 2 is 1.15 bits per heavy atom. The molecule has 0 spiro atoms. The first kappa shape index (κ1) is 15.4. The van der Waals surface area contributed by atoms with Crippen LogP contribution in [0.25, 0.3) is 0 Å². The third-order valence-electron chi connectivity index (χ3n) is 2.81. The Morgan fingerprint density at radius 3 is 1.15 bits per heavy atom. The average Bonchev–Trinajstić information content (AvgIpc) is 2.23. The van der Waals surface area contributed by atoms with Gasteiger partial charge in [-0.3, -0.25) is 0 Å². The lowest BCUT2D eigenvalue weighted by Crippen LogP contribution is -2.47. The van der Waals surface area contributed by atoms with Gasteiger partial charge in [-0.2, -0.15) is 0 Å². The van der Waals surface area contributed by atoms with Crippen LogP contribution in [-0.4, -0.2) is 48.9 Å². The van der Waals surface area contributed by atoms with Gasteiger partial charge in [-0.05, 0) is 27.7 Å². The van der Waals surface area contributed by atoms with E-state index in [4.69, 9.17) is 10.8 Å². The number of nitrogens with two attached hydrogens (primary N) is 1. The Labute approximate surface area is 83.1 Å². The van der Waals surface area contributed by atoms with E-state index in [9.17, 15) is 0 Å². The molecule has 0 aromatic rings. The molecule has 3 N–H and O–H groups in total. The fourth-order valence-corrected chi connectivity index (χ4v) is 1.34. The van der Waals surface area contributed by atoms with E-state index in [1.807, 2.05) is 0 Å². The minimum atomic E-state index is 0.0972. The number of hydrogen-bond acceptors (Lipinski definition) is 2. The summed E-state index contributed by atoms with van der Waals surface area (Å²) in [6, 6.07) is 0. The fraction of sp³-hybridized carbons (Fsp3) is 1.00. The highest BCUT2D eigenvalue weighted by atomic mass is 16.3. The summed E-state index contributed by atoms with van der Waals surface area (Å²) in [5.41, 5.74) is 4.78. The maximum Gasteiger partial charge on any atom is 0.0757 e. The van der Waals surface area contributed by atoms with Crippen molar-refractivity contribution in [3.8, 4) is 0 Å². The Kier molecular flexibility index (Phi) is 11.8. The van der Waals surface area contributed by atoms with E-state index in [1.165, 1.54) is 30.7 Å². The van der Waals surface area contributed by atoms with Crippen molar-refractivity contribution in [1.29, 1.82) is 0 Å². The summed E-state index contributed by atoms with van der Waals surface area (Å²) in [5, 5.41) is 7.75. The molecule has 82 valence electrons. The van der Waals surface area contributed by atoms with Gasteiger partial charge < -0.3 is 15.3 Å². The Morgan fingerprint density at radius 1 is 0.923 bits per heavy atom. The molecule has 0 amide bonds. The van der Waals surface area contributed by atoms with Crippen molar-refractivity contribution in [2.24, 2.45) is 5.73 Å². The van der Waals surface area contributed by atoms with Gasteiger partial charge in [0, 0.05) is 6.54 Å². The van der Waals surface area contributed by atoms with Gasteiger partial charge in [0.1, 0.15) is 0 Å². The zero-order valence-corrected chi connectivity index (χ0v) is 9.71. The summed E-state index contributed by atoms with van der Waals surface area (Å²) in [5.74, 6) is 0. The maximum atomic E-state index is 7.75. The largest absolute Gasteiger partial charge is 0.395 e. The van der Waals surface area contributed by atoms with Crippen LogP contribution < -0.4 is 5.73 Å². The molecule has 0 aromatic heterocycles. The van der Waals surface area contributed by atoms with Crippen molar-refractivity contribution >= 4 is 0 Å². The molecule has 0 unspecified atom stereocenters. The molecular formula is C10H27N2O+. The molecule has 0 rings (SSSR count). The average molecular weight is 191 g/mol. The van der Waals surface area contributed by atoms with Crippen LogP contribution in [0.5, 0.6) is 0 Å². The predicted octanol–water partition coefficient (Wildman–Crippen LogP) is 0.820. The van der Waals surface area contributed by atoms with Crippen LogP contribution in [-0.2, 0) is 0 Å². The van der Waals surface area contributed by atoms with Crippen molar-refractivity contribution in [1.82, 2.24) is 0 Å². The van der Waals surface area contributed by atoms with Crippen LogP contribution in [0.1, 0.15) is 27.7 Å². The summed E-state index contributed by atoms with van der Waals surface area (Å²) < 4.78 is 1.28. The van der Waals surface area contributed by atoms with Crippen molar-refractivity contribution in [2.75, 3.05) is 39.3 Å². The smallest absolute Gasteiger partial charge is 0.0757 e. The molecule has 0 heterocycles. The van der Waals surface area contributed by atoms with Crippen molar-refractivity contribution in [3.05, 3.63) is 0 Å². The number of rotatable bonds is 5. The van der Waals surface area contributed by atoms with Crippen LogP contribution >= 0.6 is 0 Å². The number of nitrogens with zero attached hydrogens (tertiary/aromatic N) is 1. The highest BCUT2D eigenvalue weighted by Crippen LogP contribution is 2.03. The summed E-state index contributed by atoms with van der Waals surface area (Å²) in [6.45, 7) is 14.7. The molecule has 3 heteroatoms. The van der Waals surface area contributed by atoms with Crippen molar-refractivity contribution in [2.45, 2.75) is 27.7 Å². The summed E-state index contributed by atoms with van der Waals surface area (Å²) >= 11 is 0. The van der Waals surface area contributed by atoms with E-state index in [1.54, 1.807) is 0 Å². The van der Waals surface area contributed by atoms with E-state index < -0.39 is 0 Å². The van der Waals surface area contributed by atoms with Gasteiger partial charge in [0.2, 0.25) is 0 Å². The summed E-state index contributed by atoms with van der Waals surface area (Å²) in [7, 11) is 0. The maximum absolute atomic E-state index is 7.75. The Balaban J connectivity index is 0. The number of quaternary nitrogens is 1. The summed E-state index contributed by atoms with van der Waals surface area (Å²) in [6.07, 6.45) is 0. The van der Waals surface area contributed by atoms with E-state index >= 15 is 0 Å². The fourth-order valence-electron chi connectivity index (χ4n) is 1.34. The lowest BCUT2D eigenvalue weighted by Gasteiger charge is -2.34.